The van der Waals surface area contributed by atoms with E-state index in [0.29, 0.717) is 5.92 Å². The van der Waals surface area contributed by atoms with Crippen LogP contribution in [-0.4, -0.2) is 13.8 Å². The summed E-state index contributed by atoms with van der Waals surface area (Å²) in [5.74, 6) is 0.495. The molecular formula is C10H15OSi. The molecule has 1 radical (unpaired) electrons. The molecule has 0 aromatic heterocycles. The molecule has 2 heteroatoms. The maximum Gasteiger partial charge on any atom is 0.204 e. The van der Waals surface area contributed by atoms with Gasteiger partial charge in [-0.25, -0.2) is 0 Å². The van der Waals surface area contributed by atoms with Crippen LogP contribution in [-0.2, 0) is 0 Å². The highest BCUT2D eigenvalue weighted by Gasteiger charge is 2.09. The van der Waals surface area contributed by atoms with Crippen LogP contribution in [0.4, 0.5) is 0 Å². The summed E-state index contributed by atoms with van der Waals surface area (Å²) < 4.78 is 0. The Bertz CT molecular complexity index is 221. The molecule has 1 rings (SSSR count). The Morgan fingerprint density at radius 1 is 1.33 bits per heavy atom. The van der Waals surface area contributed by atoms with E-state index in [9.17, 15) is 4.80 Å². The molecule has 1 aromatic carbocycles. The second-order valence-corrected chi connectivity index (χ2v) is 5.13. The van der Waals surface area contributed by atoms with Gasteiger partial charge in [0.25, 0.3) is 0 Å². The van der Waals surface area contributed by atoms with Crippen molar-refractivity contribution in [2.75, 3.05) is 0 Å². The zero-order valence-corrected chi connectivity index (χ0v) is 8.62. The van der Waals surface area contributed by atoms with Gasteiger partial charge in [0, 0.05) is 0 Å². The van der Waals surface area contributed by atoms with Crippen LogP contribution in [0.3, 0.4) is 0 Å². The van der Waals surface area contributed by atoms with Crippen molar-refractivity contribution in [1.82, 2.24) is 0 Å². The van der Waals surface area contributed by atoms with Crippen molar-refractivity contribution in [3.63, 3.8) is 0 Å². The Balaban J connectivity index is 2.59. The van der Waals surface area contributed by atoms with Crippen molar-refractivity contribution in [2.45, 2.75) is 25.4 Å². The highest BCUT2D eigenvalue weighted by Crippen LogP contribution is 2.19. The summed E-state index contributed by atoms with van der Waals surface area (Å²) in [6, 6.07) is 11.3. The van der Waals surface area contributed by atoms with Crippen molar-refractivity contribution in [2.24, 2.45) is 0 Å². The molecule has 12 heavy (non-hydrogen) atoms. The van der Waals surface area contributed by atoms with E-state index in [2.05, 4.69) is 19.1 Å². The molecule has 1 unspecified atom stereocenters. The zero-order chi connectivity index (χ0) is 8.97. The number of benzene rings is 1. The first-order valence-corrected chi connectivity index (χ1v) is 6.42. The van der Waals surface area contributed by atoms with Crippen molar-refractivity contribution in [3.8, 4) is 0 Å². The molecule has 0 saturated heterocycles. The smallest absolute Gasteiger partial charge is 0.204 e. The van der Waals surface area contributed by atoms with Crippen LogP contribution in [0.2, 0.25) is 12.6 Å². The van der Waals surface area contributed by atoms with Gasteiger partial charge in [-0.05, 0) is 24.1 Å². The van der Waals surface area contributed by atoms with Crippen molar-refractivity contribution in [3.05, 3.63) is 35.9 Å². The molecule has 0 aliphatic rings. The summed E-state index contributed by atoms with van der Waals surface area (Å²) in [4.78, 5) is 9.29. The summed E-state index contributed by atoms with van der Waals surface area (Å²) >= 11 is 0. The van der Waals surface area contributed by atoms with Crippen LogP contribution in [0.15, 0.2) is 30.3 Å². The molecule has 65 valence electrons. The Kier molecular flexibility index (Phi) is 3.50. The second-order valence-electron chi connectivity index (χ2n) is 3.25. The zero-order valence-electron chi connectivity index (χ0n) is 7.62. The van der Waals surface area contributed by atoms with Gasteiger partial charge >= 0.3 is 0 Å². The molecule has 0 spiro atoms. The highest BCUT2D eigenvalue weighted by atomic mass is 28.3. The lowest BCUT2D eigenvalue weighted by Gasteiger charge is -2.11. The average molecular weight is 179 g/mol. The molecule has 0 aliphatic heterocycles. The maximum absolute atomic E-state index is 9.29. The van der Waals surface area contributed by atoms with Gasteiger partial charge in [-0.3, -0.25) is 0 Å². The molecule has 0 amide bonds. The van der Waals surface area contributed by atoms with Crippen LogP contribution in [0.5, 0.6) is 0 Å². The van der Waals surface area contributed by atoms with Crippen LogP contribution >= 0.6 is 0 Å². The molecule has 1 atom stereocenters. The van der Waals surface area contributed by atoms with E-state index in [0.717, 1.165) is 6.04 Å². The van der Waals surface area contributed by atoms with Gasteiger partial charge in [0.1, 0.15) is 0 Å². The lowest BCUT2D eigenvalue weighted by atomic mass is 10.0. The average Bonchev–Trinajstić information content (AvgIpc) is 2.05. The molecule has 0 saturated carbocycles. The second kappa shape index (κ2) is 4.43. The Morgan fingerprint density at radius 3 is 2.42 bits per heavy atom. The molecule has 0 bridgehead atoms. The SMILES string of the molecule is CC(C[Si](C)O)c1ccccc1. The summed E-state index contributed by atoms with van der Waals surface area (Å²) in [6.45, 7) is 4.10. The van der Waals surface area contributed by atoms with Crippen LogP contribution in [0.1, 0.15) is 18.4 Å². The van der Waals surface area contributed by atoms with E-state index in [-0.39, 0.29) is 0 Å². The minimum Gasteiger partial charge on any atom is -0.432 e. The van der Waals surface area contributed by atoms with Crippen LogP contribution in [0.25, 0.3) is 0 Å². The van der Waals surface area contributed by atoms with Gasteiger partial charge in [-0.2, -0.15) is 0 Å². The predicted molar refractivity (Wildman–Crippen MR) is 53.5 cm³/mol. The lowest BCUT2D eigenvalue weighted by Crippen LogP contribution is -2.09. The topological polar surface area (TPSA) is 20.2 Å². The minimum absolute atomic E-state index is 0.495. The van der Waals surface area contributed by atoms with Crippen molar-refractivity contribution >= 4 is 9.04 Å². The van der Waals surface area contributed by atoms with Gasteiger partial charge in [0.05, 0.1) is 0 Å². The summed E-state index contributed by atoms with van der Waals surface area (Å²) in [5.41, 5.74) is 1.33. The first kappa shape index (κ1) is 9.48. The largest absolute Gasteiger partial charge is 0.432 e. The van der Waals surface area contributed by atoms with E-state index < -0.39 is 9.04 Å². The normalized spacial score (nSPS) is 13.3. The third kappa shape index (κ3) is 2.79. The monoisotopic (exact) mass is 179 g/mol. The van der Waals surface area contributed by atoms with E-state index >= 15 is 0 Å². The fraction of sp³-hybridized carbons (Fsp3) is 0.400. The van der Waals surface area contributed by atoms with Gasteiger partial charge in [0.2, 0.25) is 9.04 Å². The maximum atomic E-state index is 9.29. The van der Waals surface area contributed by atoms with E-state index in [4.69, 9.17) is 0 Å². The number of hydrogen-bond acceptors (Lipinski definition) is 1. The van der Waals surface area contributed by atoms with E-state index in [1.807, 2.05) is 24.7 Å². The highest BCUT2D eigenvalue weighted by molar-refractivity contribution is 6.48. The third-order valence-corrected chi connectivity index (χ3v) is 3.17. The first-order chi connectivity index (χ1) is 5.70. The molecule has 0 aliphatic carbocycles. The van der Waals surface area contributed by atoms with Gasteiger partial charge < -0.3 is 4.80 Å². The van der Waals surface area contributed by atoms with Crippen LogP contribution in [0, 0.1) is 0 Å². The molecule has 0 fully saturated rings. The van der Waals surface area contributed by atoms with Gasteiger partial charge in [0.15, 0.2) is 0 Å². The molecule has 0 heterocycles. The summed E-state index contributed by atoms with van der Waals surface area (Å²) in [7, 11) is -1.08. The standard InChI is InChI=1S/C10H15OSi/c1-9(8-12(2)11)10-6-4-3-5-7-10/h3-7,9,11H,8H2,1-2H3. The fourth-order valence-corrected chi connectivity index (χ4v) is 2.46. The van der Waals surface area contributed by atoms with Gasteiger partial charge in [-0.15, -0.1) is 0 Å². The molecule has 1 N–H and O–H groups in total. The molecule has 1 aromatic rings. The number of rotatable bonds is 3. The quantitative estimate of drug-likeness (QED) is 0.706. The van der Waals surface area contributed by atoms with E-state index in [1.54, 1.807) is 0 Å². The predicted octanol–water partition coefficient (Wildman–Crippen LogP) is 2.40. The van der Waals surface area contributed by atoms with Crippen molar-refractivity contribution in [1.29, 1.82) is 0 Å². The summed E-state index contributed by atoms with van der Waals surface area (Å²) in [5, 5.41) is 0. The van der Waals surface area contributed by atoms with E-state index in [1.165, 1.54) is 5.56 Å². The Hall–Kier alpha value is -0.603. The van der Waals surface area contributed by atoms with Gasteiger partial charge in [-0.1, -0.05) is 37.3 Å². The first-order valence-electron chi connectivity index (χ1n) is 4.26. The third-order valence-electron chi connectivity index (χ3n) is 1.97. The lowest BCUT2D eigenvalue weighted by molar-refractivity contribution is 0.567. The summed E-state index contributed by atoms with van der Waals surface area (Å²) in [6.07, 6.45) is 0. The Morgan fingerprint density at radius 2 is 1.92 bits per heavy atom. The molecular weight excluding hydrogens is 164 g/mol. The minimum atomic E-state index is -1.08. The van der Waals surface area contributed by atoms with Crippen molar-refractivity contribution < 1.29 is 4.80 Å². The fourth-order valence-electron chi connectivity index (χ4n) is 1.34. The Labute approximate surface area is 75.8 Å². The molecule has 1 nitrogen and oxygen atoms in total. The number of hydrogen-bond donors (Lipinski definition) is 1. The van der Waals surface area contributed by atoms with Crippen LogP contribution < -0.4 is 0 Å².